The summed E-state index contributed by atoms with van der Waals surface area (Å²) >= 11 is 0. The Hall–Kier alpha value is -1.36. The van der Waals surface area contributed by atoms with Crippen molar-refractivity contribution in [3.8, 4) is 0 Å². The van der Waals surface area contributed by atoms with Crippen LogP contribution in [-0.4, -0.2) is 14.1 Å². The van der Waals surface area contributed by atoms with Gasteiger partial charge in [-0.1, -0.05) is 24.1 Å². The highest BCUT2D eigenvalue weighted by molar-refractivity contribution is 7.89. The van der Waals surface area contributed by atoms with Crippen LogP contribution in [0.1, 0.15) is 37.7 Å². The van der Waals surface area contributed by atoms with Crippen molar-refractivity contribution in [2.75, 3.05) is 0 Å². The van der Waals surface area contributed by atoms with Gasteiger partial charge in [0.25, 0.3) is 10.0 Å². The molecular weight excluding hydrogens is 296 g/mol. The molecule has 0 heterocycles. The van der Waals surface area contributed by atoms with Crippen molar-refractivity contribution in [1.82, 2.24) is 4.83 Å². The number of nitrogens with one attached hydrogen (secondary N) is 1. The summed E-state index contributed by atoms with van der Waals surface area (Å²) in [5.41, 5.74) is 2.13. The summed E-state index contributed by atoms with van der Waals surface area (Å²) in [7, 11) is -3.54. The van der Waals surface area contributed by atoms with Gasteiger partial charge in [-0.2, -0.15) is 13.5 Å². The average Bonchev–Trinajstić information content (AvgIpc) is 3.18. The van der Waals surface area contributed by atoms with Gasteiger partial charge in [-0.05, 0) is 62.5 Å². The predicted molar refractivity (Wildman–Crippen MR) is 86.0 cm³/mol. The van der Waals surface area contributed by atoms with Crippen molar-refractivity contribution in [1.29, 1.82) is 0 Å². The summed E-state index contributed by atoms with van der Waals surface area (Å²) in [6.07, 6.45) is 6.22. The molecule has 4 rings (SSSR count). The second kappa shape index (κ2) is 5.08. The maximum absolute atomic E-state index is 12.3. The van der Waals surface area contributed by atoms with Gasteiger partial charge < -0.3 is 0 Å². The molecule has 0 unspecified atom stereocenters. The Morgan fingerprint density at radius 1 is 1.14 bits per heavy atom. The number of nitrogens with zero attached hydrogens (tertiary/aromatic N) is 1. The molecule has 4 nitrogen and oxygen atoms in total. The Labute approximate surface area is 132 Å². The second-order valence-corrected chi connectivity index (χ2v) is 8.74. The summed E-state index contributed by atoms with van der Waals surface area (Å²) in [6, 6.07) is 6.88. The molecule has 4 atom stereocenters. The van der Waals surface area contributed by atoms with E-state index in [4.69, 9.17) is 0 Å². The third kappa shape index (κ3) is 2.26. The molecule has 1 aromatic carbocycles. The molecule has 0 radical (unpaired) electrons. The number of hydrogen-bond acceptors (Lipinski definition) is 3. The van der Waals surface area contributed by atoms with Crippen molar-refractivity contribution in [2.24, 2.45) is 28.8 Å². The van der Waals surface area contributed by atoms with Crippen LogP contribution in [0.3, 0.4) is 0 Å². The van der Waals surface area contributed by atoms with Crippen LogP contribution < -0.4 is 4.83 Å². The molecule has 1 aromatic rings. The Morgan fingerprint density at radius 3 is 2.64 bits per heavy atom. The Kier molecular flexibility index (Phi) is 3.29. The second-order valence-electron chi connectivity index (χ2n) is 7.08. The molecule has 0 saturated heterocycles. The number of sulfonamides is 1. The van der Waals surface area contributed by atoms with Gasteiger partial charge in [-0.25, -0.2) is 4.83 Å². The SMILES string of the molecule is Cc1ccc(S(=O)(=O)N/N=C2\C[C@H]3C[C@@H]2[C@H]2CCC[C@H]32)cc1. The van der Waals surface area contributed by atoms with E-state index in [1.807, 2.05) is 19.1 Å². The van der Waals surface area contributed by atoms with Crippen molar-refractivity contribution < 1.29 is 8.42 Å². The van der Waals surface area contributed by atoms with Crippen molar-refractivity contribution in [3.63, 3.8) is 0 Å². The van der Waals surface area contributed by atoms with Gasteiger partial charge in [0.1, 0.15) is 0 Å². The Bertz CT molecular complexity index is 709. The van der Waals surface area contributed by atoms with Crippen LogP contribution in [0.25, 0.3) is 0 Å². The number of rotatable bonds is 3. The zero-order valence-electron chi connectivity index (χ0n) is 12.8. The minimum Gasteiger partial charge on any atom is -0.200 e. The fourth-order valence-corrected chi connectivity index (χ4v) is 5.67. The quantitative estimate of drug-likeness (QED) is 0.871. The number of aryl methyl sites for hydroxylation is 1. The Balaban J connectivity index is 1.51. The minimum absolute atomic E-state index is 0.282. The first-order valence-electron chi connectivity index (χ1n) is 8.19. The van der Waals surface area contributed by atoms with Crippen LogP contribution >= 0.6 is 0 Å². The molecule has 5 heteroatoms. The number of hydrogen-bond donors (Lipinski definition) is 1. The first-order valence-corrected chi connectivity index (χ1v) is 9.68. The lowest BCUT2D eigenvalue weighted by Gasteiger charge is -2.25. The summed E-state index contributed by atoms with van der Waals surface area (Å²) in [6.45, 7) is 1.94. The average molecular weight is 318 g/mol. The monoisotopic (exact) mass is 318 g/mol. The number of hydrazone groups is 1. The largest absolute Gasteiger partial charge is 0.276 e. The molecule has 0 aromatic heterocycles. The first-order chi connectivity index (χ1) is 10.5. The molecule has 22 heavy (non-hydrogen) atoms. The van der Waals surface area contributed by atoms with E-state index >= 15 is 0 Å². The fourth-order valence-electron chi connectivity index (χ4n) is 4.83. The first kappa shape index (κ1) is 14.2. The number of benzene rings is 1. The van der Waals surface area contributed by atoms with Crippen LogP contribution in [0.15, 0.2) is 34.3 Å². The van der Waals surface area contributed by atoms with Crippen molar-refractivity contribution in [2.45, 2.75) is 43.9 Å². The molecule has 3 aliphatic rings. The van der Waals surface area contributed by atoms with Gasteiger partial charge in [0.05, 0.1) is 4.90 Å². The van der Waals surface area contributed by atoms with E-state index in [0.29, 0.717) is 5.92 Å². The summed E-state index contributed by atoms with van der Waals surface area (Å²) < 4.78 is 24.6. The molecule has 2 bridgehead atoms. The third-order valence-electron chi connectivity index (χ3n) is 5.84. The van der Waals surface area contributed by atoms with Gasteiger partial charge in [-0.3, -0.25) is 0 Å². The molecular formula is C17H22N2O2S. The van der Waals surface area contributed by atoms with Crippen LogP contribution in [-0.2, 0) is 10.0 Å². The van der Waals surface area contributed by atoms with Crippen LogP contribution in [0, 0.1) is 30.6 Å². The molecule has 118 valence electrons. The zero-order chi connectivity index (χ0) is 15.3. The summed E-state index contributed by atoms with van der Waals surface area (Å²) in [5.74, 6) is 2.93. The molecule has 0 amide bonds. The molecule has 3 fully saturated rings. The third-order valence-corrected chi connectivity index (χ3v) is 7.07. The van der Waals surface area contributed by atoms with Gasteiger partial charge in [-0.15, -0.1) is 0 Å². The van der Waals surface area contributed by atoms with E-state index in [9.17, 15) is 8.42 Å². The predicted octanol–water partition coefficient (Wildman–Crippen LogP) is 3.09. The van der Waals surface area contributed by atoms with Gasteiger partial charge in [0, 0.05) is 11.6 Å². The molecule has 0 spiro atoms. The zero-order valence-corrected chi connectivity index (χ0v) is 13.6. The maximum atomic E-state index is 12.3. The van der Waals surface area contributed by atoms with E-state index in [2.05, 4.69) is 9.93 Å². The fraction of sp³-hybridized carbons (Fsp3) is 0.588. The van der Waals surface area contributed by atoms with E-state index < -0.39 is 10.0 Å². The smallest absolute Gasteiger partial charge is 0.200 e. The Morgan fingerprint density at radius 2 is 1.86 bits per heavy atom. The van der Waals surface area contributed by atoms with Gasteiger partial charge in [0.15, 0.2) is 0 Å². The standard InChI is InChI=1S/C17H22N2O2S/c1-11-5-7-13(8-6-11)22(20,21)19-18-17-10-12-9-16(17)15-4-2-3-14(12)15/h5-8,12,14-16,19H,2-4,9-10H2,1H3/b18-17+/t12-,14-,15+,16-/m1/s1. The van der Waals surface area contributed by atoms with Crippen molar-refractivity contribution in [3.05, 3.63) is 29.8 Å². The highest BCUT2D eigenvalue weighted by Crippen LogP contribution is 2.57. The molecule has 3 aliphatic carbocycles. The summed E-state index contributed by atoms with van der Waals surface area (Å²) in [4.78, 5) is 2.74. The maximum Gasteiger partial charge on any atom is 0.276 e. The van der Waals surface area contributed by atoms with Crippen LogP contribution in [0.4, 0.5) is 0 Å². The van der Waals surface area contributed by atoms with E-state index in [0.717, 1.165) is 35.4 Å². The van der Waals surface area contributed by atoms with E-state index in [-0.39, 0.29) is 4.90 Å². The van der Waals surface area contributed by atoms with Crippen LogP contribution in [0.5, 0.6) is 0 Å². The lowest BCUT2D eigenvalue weighted by atomic mass is 9.81. The molecule has 1 N–H and O–H groups in total. The highest BCUT2D eigenvalue weighted by atomic mass is 32.2. The van der Waals surface area contributed by atoms with Crippen molar-refractivity contribution >= 4 is 15.7 Å². The van der Waals surface area contributed by atoms with E-state index in [1.54, 1.807) is 12.1 Å². The normalized spacial score (nSPS) is 35.0. The summed E-state index contributed by atoms with van der Waals surface area (Å²) in [5, 5.41) is 4.32. The molecule has 3 saturated carbocycles. The minimum atomic E-state index is -3.54. The van der Waals surface area contributed by atoms with Crippen LogP contribution in [0.2, 0.25) is 0 Å². The van der Waals surface area contributed by atoms with Gasteiger partial charge >= 0.3 is 0 Å². The van der Waals surface area contributed by atoms with Gasteiger partial charge in [0.2, 0.25) is 0 Å². The number of fused-ring (bicyclic) bond motifs is 5. The highest BCUT2D eigenvalue weighted by Gasteiger charge is 2.52. The lowest BCUT2D eigenvalue weighted by molar-refractivity contribution is 0.333. The lowest BCUT2D eigenvalue weighted by Crippen LogP contribution is -2.28. The molecule has 0 aliphatic heterocycles. The topological polar surface area (TPSA) is 58.5 Å². The van der Waals surface area contributed by atoms with E-state index in [1.165, 1.54) is 25.7 Å².